The van der Waals surface area contributed by atoms with Crippen molar-refractivity contribution >= 4 is 5.69 Å². The van der Waals surface area contributed by atoms with Crippen molar-refractivity contribution in [2.75, 3.05) is 7.11 Å². The van der Waals surface area contributed by atoms with Crippen LogP contribution in [0.2, 0.25) is 0 Å². The van der Waals surface area contributed by atoms with Crippen molar-refractivity contribution in [1.29, 1.82) is 5.26 Å². The molecule has 0 aliphatic heterocycles. The minimum Gasteiger partial charge on any atom is -0.489 e. The van der Waals surface area contributed by atoms with Gasteiger partial charge in [-0.1, -0.05) is 0 Å². The first-order valence-corrected chi connectivity index (χ1v) is 3.27. The summed E-state index contributed by atoms with van der Waals surface area (Å²) in [6.45, 7) is 0. The van der Waals surface area contributed by atoms with E-state index in [-0.39, 0.29) is 17.1 Å². The van der Waals surface area contributed by atoms with Gasteiger partial charge >= 0.3 is 5.69 Å². The molecule has 0 bridgehead atoms. The third-order valence-corrected chi connectivity index (χ3v) is 1.38. The predicted octanol–water partition coefficient (Wildman–Crippen LogP) is 0.870. The predicted molar refractivity (Wildman–Crippen MR) is 42.2 cm³/mol. The van der Waals surface area contributed by atoms with E-state index in [9.17, 15) is 10.1 Å². The van der Waals surface area contributed by atoms with Gasteiger partial charge in [0.25, 0.3) is 0 Å². The van der Waals surface area contributed by atoms with Crippen LogP contribution in [-0.2, 0) is 0 Å². The van der Waals surface area contributed by atoms with Crippen molar-refractivity contribution in [3.63, 3.8) is 0 Å². The smallest absolute Gasteiger partial charge is 0.315 e. The van der Waals surface area contributed by atoms with Crippen LogP contribution in [-0.4, -0.2) is 17.0 Å². The summed E-state index contributed by atoms with van der Waals surface area (Å²) in [5.74, 6) is 0.0454. The molecule has 0 spiro atoms. The number of nitro groups is 1. The Kier molecular flexibility index (Phi) is 2.40. The molecule has 6 heteroatoms. The highest BCUT2D eigenvalue weighted by atomic mass is 16.6. The van der Waals surface area contributed by atoms with E-state index in [2.05, 4.69) is 4.98 Å². The summed E-state index contributed by atoms with van der Waals surface area (Å²) in [6, 6.07) is 2.77. The lowest BCUT2D eigenvalue weighted by molar-refractivity contribution is -0.385. The second kappa shape index (κ2) is 3.49. The first kappa shape index (κ1) is 8.93. The minimum absolute atomic E-state index is 0.00694. The Labute approximate surface area is 73.5 Å². The normalized spacial score (nSPS) is 8.92. The van der Waals surface area contributed by atoms with Crippen LogP contribution in [0.1, 0.15) is 5.69 Å². The van der Waals surface area contributed by atoms with Crippen LogP contribution >= 0.6 is 0 Å². The summed E-state index contributed by atoms with van der Waals surface area (Å²) in [5.41, 5.74) is -0.262. The summed E-state index contributed by atoms with van der Waals surface area (Å²) < 4.78 is 4.69. The van der Waals surface area contributed by atoms with Crippen molar-refractivity contribution in [1.82, 2.24) is 4.98 Å². The number of nitrogens with zero attached hydrogens (tertiary/aromatic N) is 3. The Morgan fingerprint density at radius 2 is 2.46 bits per heavy atom. The molecule has 0 aliphatic carbocycles. The Bertz CT molecular complexity index is 383. The SMILES string of the molecule is COc1cnc(C#N)cc1[N+](=O)[O-]. The average molecular weight is 179 g/mol. The lowest BCUT2D eigenvalue weighted by Crippen LogP contribution is -1.95. The van der Waals surface area contributed by atoms with E-state index in [1.165, 1.54) is 7.11 Å². The number of ether oxygens (including phenoxy) is 1. The van der Waals surface area contributed by atoms with Crippen LogP contribution in [0.25, 0.3) is 0 Å². The lowest BCUT2D eigenvalue weighted by atomic mass is 10.3. The Morgan fingerprint density at radius 3 is 2.92 bits per heavy atom. The van der Waals surface area contributed by atoms with Gasteiger partial charge in [-0.25, -0.2) is 4.98 Å². The summed E-state index contributed by atoms with van der Waals surface area (Å²) >= 11 is 0. The summed E-state index contributed by atoms with van der Waals surface area (Å²) in [4.78, 5) is 13.4. The molecule has 1 aromatic heterocycles. The van der Waals surface area contributed by atoms with Gasteiger partial charge in [-0.2, -0.15) is 5.26 Å². The first-order valence-electron chi connectivity index (χ1n) is 3.27. The molecule has 0 saturated carbocycles. The van der Waals surface area contributed by atoms with E-state index in [4.69, 9.17) is 10.00 Å². The van der Waals surface area contributed by atoms with E-state index in [0.29, 0.717) is 0 Å². The summed E-state index contributed by atoms with van der Waals surface area (Å²) in [6.07, 6.45) is 1.15. The van der Waals surface area contributed by atoms with E-state index >= 15 is 0 Å². The molecule has 1 heterocycles. The second-order valence-corrected chi connectivity index (χ2v) is 2.11. The standard InChI is InChI=1S/C7H5N3O3/c1-13-7-4-9-5(3-8)2-6(7)10(11)12/h2,4H,1H3. The van der Waals surface area contributed by atoms with Crippen LogP contribution in [0, 0.1) is 21.4 Å². The zero-order valence-corrected chi connectivity index (χ0v) is 6.72. The van der Waals surface area contributed by atoms with E-state index in [1.807, 2.05) is 0 Å². The van der Waals surface area contributed by atoms with Crippen molar-refractivity contribution in [2.24, 2.45) is 0 Å². The van der Waals surface area contributed by atoms with Crippen LogP contribution in [0.15, 0.2) is 12.3 Å². The fourth-order valence-electron chi connectivity index (χ4n) is 0.793. The Balaban J connectivity index is 3.28. The van der Waals surface area contributed by atoms with Crippen molar-refractivity contribution in [2.45, 2.75) is 0 Å². The van der Waals surface area contributed by atoms with E-state index in [1.54, 1.807) is 6.07 Å². The maximum atomic E-state index is 10.4. The average Bonchev–Trinajstić information content (AvgIpc) is 2.16. The van der Waals surface area contributed by atoms with Gasteiger partial charge < -0.3 is 4.74 Å². The molecular weight excluding hydrogens is 174 g/mol. The summed E-state index contributed by atoms with van der Waals surface area (Å²) in [5, 5.41) is 18.9. The van der Waals surface area contributed by atoms with E-state index in [0.717, 1.165) is 12.3 Å². The number of rotatable bonds is 2. The van der Waals surface area contributed by atoms with Gasteiger partial charge in [0.05, 0.1) is 24.3 Å². The van der Waals surface area contributed by atoms with E-state index < -0.39 is 4.92 Å². The molecule has 13 heavy (non-hydrogen) atoms. The topological polar surface area (TPSA) is 89.0 Å². The molecule has 6 nitrogen and oxygen atoms in total. The van der Waals surface area contributed by atoms with Gasteiger partial charge in [-0.3, -0.25) is 10.1 Å². The van der Waals surface area contributed by atoms with Gasteiger partial charge in [-0.05, 0) is 0 Å². The maximum Gasteiger partial charge on any atom is 0.315 e. The summed E-state index contributed by atoms with van der Waals surface area (Å²) in [7, 11) is 1.30. The first-order chi connectivity index (χ1) is 6.19. The van der Waals surface area contributed by atoms with Crippen molar-refractivity contribution < 1.29 is 9.66 Å². The van der Waals surface area contributed by atoms with Gasteiger partial charge in [0.2, 0.25) is 5.75 Å². The van der Waals surface area contributed by atoms with Crippen LogP contribution in [0.4, 0.5) is 5.69 Å². The second-order valence-electron chi connectivity index (χ2n) is 2.11. The van der Waals surface area contributed by atoms with Crippen molar-refractivity contribution in [3.05, 3.63) is 28.1 Å². The third-order valence-electron chi connectivity index (χ3n) is 1.38. The van der Waals surface area contributed by atoms with Gasteiger partial charge in [-0.15, -0.1) is 0 Å². The molecule has 0 saturated heterocycles. The quantitative estimate of drug-likeness (QED) is 0.496. The molecule has 1 rings (SSSR count). The fraction of sp³-hybridized carbons (Fsp3) is 0.143. The molecule has 1 aromatic rings. The van der Waals surface area contributed by atoms with Gasteiger partial charge in [0.1, 0.15) is 11.8 Å². The zero-order valence-electron chi connectivity index (χ0n) is 6.72. The Morgan fingerprint density at radius 1 is 1.77 bits per heavy atom. The molecule has 0 N–H and O–H groups in total. The maximum absolute atomic E-state index is 10.4. The largest absolute Gasteiger partial charge is 0.489 e. The van der Waals surface area contributed by atoms with Crippen LogP contribution < -0.4 is 4.74 Å². The van der Waals surface area contributed by atoms with Gasteiger partial charge in [0.15, 0.2) is 0 Å². The minimum atomic E-state index is -0.624. The molecule has 0 fully saturated rings. The number of nitriles is 1. The van der Waals surface area contributed by atoms with Crippen LogP contribution in [0.3, 0.4) is 0 Å². The number of aromatic nitrogens is 1. The monoisotopic (exact) mass is 179 g/mol. The molecule has 0 amide bonds. The fourth-order valence-corrected chi connectivity index (χ4v) is 0.793. The molecule has 0 aromatic carbocycles. The highest BCUT2D eigenvalue weighted by Gasteiger charge is 2.15. The molecule has 0 aliphatic rings. The van der Waals surface area contributed by atoms with Gasteiger partial charge in [0, 0.05) is 0 Å². The number of methoxy groups -OCH3 is 1. The van der Waals surface area contributed by atoms with Crippen molar-refractivity contribution in [3.8, 4) is 11.8 Å². The third kappa shape index (κ3) is 1.70. The number of hydrogen-bond acceptors (Lipinski definition) is 5. The molecular formula is C7H5N3O3. The van der Waals surface area contributed by atoms with Crippen LogP contribution in [0.5, 0.6) is 5.75 Å². The molecule has 0 radical (unpaired) electrons. The number of pyridine rings is 1. The lowest BCUT2D eigenvalue weighted by Gasteiger charge is -1.99. The molecule has 0 atom stereocenters. The number of hydrogen-bond donors (Lipinski definition) is 0. The Hall–Kier alpha value is -2.16. The molecule has 66 valence electrons. The highest BCUT2D eigenvalue weighted by Crippen LogP contribution is 2.25. The molecule has 0 unspecified atom stereocenters. The highest BCUT2D eigenvalue weighted by molar-refractivity contribution is 5.47. The zero-order chi connectivity index (χ0) is 9.84.